The lowest BCUT2D eigenvalue weighted by Crippen LogP contribution is -2.19. The lowest BCUT2D eigenvalue weighted by atomic mass is 9.97. The highest BCUT2D eigenvalue weighted by atomic mass is 19.4. The van der Waals surface area contributed by atoms with Crippen molar-refractivity contribution in [2.75, 3.05) is 0 Å². The van der Waals surface area contributed by atoms with E-state index in [-0.39, 0.29) is 12.0 Å². The second-order valence-corrected chi connectivity index (χ2v) is 4.55. The summed E-state index contributed by atoms with van der Waals surface area (Å²) in [6, 6.07) is 9.42. The molecule has 0 bridgehead atoms. The molecule has 1 nitrogen and oxygen atoms in total. The summed E-state index contributed by atoms with van der Waals surface area (Å²) in [5.41, 5.74) is 0.429. The van der Waals surface area contributed by atoms with Crippen LogP contribution in [0.4, 0.5) is 13.2 Å². The van der Waals surface area contributed by atoms with Crippen LogP contribution in [0.1, 0.15) is 32.3 Å². The zero-order chi connectivity index (χ0) is 14.5. The fourth-order valence-corrected chi connectivity index (χ4v) is 2.07. The first kappa shape index (κ1) is 15.8. The molecule has 0 heterocycles. The zero-order valence-electron chi connectivity index (χ0n) is 11.2. The SMILES string of the molecule is CC/C(=C(/C)C(O)CCc1ccccc1)C(F)(F)F. The first-order valence-electron chi connectivity index (χ1n) is 6.35. The molecule has 106 valence electrons. The van der Waals surface area contributed by atoms with Crippen LogP contribution in [0.2, 0.25) is 0 Å². The summed E-state index contributed by atoms with van der Waals surface area (Å²) in [7, 11) is 0. The molecule has 1 aromatic rings. The summed E-state index contributed by atoms with van der Waals surface area (Å²) < 4.78 is 38.2. The predicted octanol–water partition coefficient (Wildman–Crippen LogP) is 4.27. The van der Waals surface area contributed by atoms with E-state index in [2.05, 4.69) is 0 Å². The summed E-state index contributed by atoms with van der Waals surface area (Å²) in [5, 5.41) is 9.89. The number of halogens is 3. The molecule has 0 radical (unpaired) electrons. The third-order valence-corrected chi connectivity index (χ3v) is 3.22. The van der Waals surface area contributed by atoms with Gasteiger partial charge < -0.3 is 5.11 Å². The van der Waals surface area contributed by atoms with Crippen molar-refractivity contribution in [3.8, 4) is 0 Å². The van der Waals surface area contributed by atoms with Crippen LogP contribution in [-0.2, 0) is 6.42 Å². The number of aliphatic hydroxyl groups is 1. The Morgan fingerprint density at radius 2 is 1.79 bits per heavy atom. The molecule has 0 amide bonds. The summed E-state index contributed by atoms with van der Waals surface area (Å²) in [5.74, 6) is 0. The number of hydrogen-bond donors (Lipinski definition) is 1. The van der Waals surface area contributed by atoms with Gasteiger partial charge in [0.25, 0.3) is 0 Å². The second-order valence-electron chi connectivity index (χ2n) is 4.55. The minimum Gasteiger partial charge on any atom is -0.389 e. The number of aliphatic hydroxyl groups excluding tert-OH is 1. The number of aryl methyl sites for hydroxylation is 1. The molecular weight excluding hydrogens is 253 g/mol. The lowest BCUT2D eigenvalue weighted by molar-refractivity contribution is -0.0954. The maximum Gasteiger partial charge on any atom is 0.412 e. The third kappa shape index (κ3) is 4.71. The van der Waals surface area contributed by atoms with Crippen molar-refractivity contribution in [1.82, 2.24) is 0 Å². The highest BCUT2D eigenvalue weighted by molar-refractivity contribution is 5.21. The molecule has 1 aromatic carbocycles. The normalized spacial score (nSPS) is 15.1. The number of allylic oxidation sites excluding steroid dienone is 1. The van der Waals surface area contributed by atoms with Gasteiger partial charge in [-0.15, -0.1) is 0 Å². The summed E-state index contributed by atoms with van der Waals surface area (Å²) >= 11 is 0. The Morgan fingerprint density at radius 1 is 1.21 bits per heavy atom. The maximum absolute atomic E-state index is 12.7. The Labute approximate surface area is 111 Å². The molecule has 1 N–H and O–H groups in total. The van der Waals surface area contributed by atoms with Gasteiger partial charge >= 0.3 is 6.18 Å². The lowest BCUT2D eigenvalue weighted by Gasteiger charge is -2.18. The zero-order valence-corrected chi connectivity index (χ0v) is 11.2. The van der Waals surface area contributed by atoms with Gasteiger partial charge in [-0.05, 0) is 37.3 Å². The van der Waals surface area contributed by atoms with E-state index in [9.17, 15) is 18.3 Å². The van der Waals surface area contributed by atoms with Gasteiger partial charge in [-0.1, -0.05) is 37.3 Å². The van der Waals surface area contributed by atoms with Crippen molar-refractivity contribution in [3.05, 3.63) is 47.0 Å². The van der Waals surface area contributed by atoms with Crippen LogP contribution >= 0.6 is 0 Å². The molecule has 1 rings (SSSR count). The van der Waals surface area contributed by atoms with Crippen LogP contribution in [0.5, 0.6) is 0 Å². The van der Waals surface area contributed by atoms with Crippen molar-refractivity contribution in [3.63, 3.8) is 0 Å². The molecule has 0 aromatic heterocycles. The van der Waals surface area contributed by atoms with Crippen LogP contribution in [-0.4, -0.2) is 17.4 Å². The fraction of sp³-hybridized carbons (Fsp3) is 0.467. The molecule has 0 fully saturated rings. The molecule has 4 heteroatoms. The van der Waals surface area contributed by atoms with Gasteiger partial charge in [-0.2, -0.15) is 13.2 Å². The van der Waals surface area contributed by atoms with Crippen molar-refractivity contribution in [1.29, 1.82) is 0 Å². The molecule has 19 heavy (non-hydrogen) atoms. The average molecular weight is 272 g/mol. The Kier molecular flexibility index (Phi) is 5.60. The summed E-state index contributed by atoms with van der Waals surface area (Å²) in [6.45, 7) is 2.82. The number of hydrogen-bond acceptors (Lipinski definition) is 1. The molecule has 0 saturated carbocycles. The van der Waals surface area contributed by atoms with Gasteiger partial charge in [0.1, 0.15) is 0 Å². The minimum absolute atomic E-state index is 0.0333. The monoisotopic (exact) mass is 272 g/mol. The van der Waals surface area contributed by atoms with E-state index in [1.807, 2.05) is 30.3 Å². The summed E-state index contributed by atoms with van der Waals surface area (Å²) in [6.07, 6.45) is -4.65. The number of rotatable bonds is 5. The molecular formula is C15H19F3O. The smallest absolute Gasteiger partial charge is 0.389 e. The van der Waals surface area contributed by atoms with Crippen molar-refractivity contribution >= 4 is 0 Å². The van der Waals surface area contributed by atoms with Crippen molar-refractivity contribution in [2.45, 2.75) is 45.4 Å². The number of alkyl halides is 3. The van der Waals surface area contributed by atoms with Gasteiger partial charge in [0.05, 0.1) is 6.10 Å². The van der Waals surface area contributed by atoms with E-state index in [4.69, 9.17) is 0 Å². The quantitative estimate of drug-likeness (QED) is 0.794. The Hall–Kier alpha value is -1.29. The topological polar surface area (TPSA) is 20.2 Å². The fourth-order valence-electron chi connectivity index (χ4n) is 2.07. The molecule has 0 spiro atoms. The first-order valence-corrected chi connectivity index (χ1v) is 6.35. The Morgan fingerprint density at radius 3 is 2.26 bits per heavy atom. The maximum atomic E-state index is 12.7. The number of benzene rings is 1. The van der Waals surface area contributed by atoms with Gasteiger partial charge in [0.15, 0.2) is 0 Å². The molecule has 1 unspecified atom stereocenters. The van der Waals surface area contributed by atoms with Crippen molar-refractivity contribution < 1.29 is 18.3 Å². The van der Waals surface area contributed by atoms with E-state index in [1.165, 1.54) is 13.8 Å². The largest absolute Gasteiger partial charge is 0.412 e. The predicted molar refractivity (Wildman–Crippen MR) is 69.8 cm³/mol. The van der Waals surface area contributed by atoms with E-state index in [1.54, 1.807) is 0 Å². The highest BCUT2D eigenvalue weighted by Gasteiger charge is 2.34. The molecule has 0 aliphatic carbocycles. The van der Waals surface area contributed by atoms with Crippen LogP contribution < -0.4 is 0 Å². The van der Waals surface area contributed by atoms with Gasteiger partial charge in [0, 0.05) is 5.57 Å². The Bertz CT molecular complexity index is 421. The molecule has 0 aliphatic rings. The molecule has 1 atom stereocenters. The van der Waals surface area contributed by atoms with Crippen LogP contribution in [0.15, 0.2) is 41.5 Å². The van der Waals surface area contributed by atoms with Crippen LogP contribution in [0.3, 0.4) is 0 Å². The van der Waals surface area contributed by atoms with E-state index in [0.717, 1.165) is 5.56 Å². The minimum atomic E-state index is -4.35. The highest BCUT2D eigenvalue weighted by Crippen LogP contribution is 2.32. The second kappa shape index (κ2) is 6.75. The molecule has 0 saturated heterocycles. The van der Waals surface area contributed by atoms with E-state index in [0.29, 0.717) is 12.8 Å². The van der Waals surface area contributed by atoms with Crippen molar-refractivity contribution in [2.24, 2.45) is 0 Å². The molecule has 0 aliphatic heterocycles. The van der Waals surface area contributed by atoms with Crippen LogP contribution in [0.25, 0.3) is 0 Å². The van der Waals surface area contributed by atoms with Gasteiger partial charge in [-0.25, -0.2) is 0 Å². The summed E-state index contributed by atoms with van der Waals surface area (Å²) in [4.78, 5) is 0. The Balaban J connectivity index is 2.72. The van der Waals surface area contributed by atoms with E-state index < -0.39 is 17.9 Å². The van der Waals surface area contributed by atoms with E-state index >= 15 is 0 Å². The standard InChI is InChI=1S/C15H19F3O/c1-3-13(15(16,17)18)11(2)14(19)10-9-12-7-5-4-6-8-12/h4-8,14,19H,3,9-10H2,1-2H3/b13-11+. The third-order valence-electron chi connectivity index (χ3n) is 3.22. The van der Waals surface area contributed by atoms with Gasteiger partial charge in [-0.3, -0.25) is 0 Å². The van der Waals surface area contributed by atoms with Crippen LogP contribution in [0, 0.1) is 0 Å². The van der Waals surface area contributed by atoms with Gasteiger partial charge in [0.2, 0.25) is 0 Å². The first-order chi connectivity index (χ1) is 8.86. The average Bonchev–Trinajstić information content (AvgIpc) is 2.36.